The number of aliphatic hydroxyl groups is 1. The van der Waals surface area contributed by atoms with Crippen molar-refractivity contribution < 1.29 is 18.3 Å². The third kappa shape index (κ3) is 5.17. The number of halogens is 1. The summed E-state index contributed by atoms with van der Waals surface area (Å²) in [4.78, 5) is 23.7. The molecule has 1 saturated heterocycles. The Hall–Kier alpha value is -1.52. The van der Waals surface area contributed by atoms with E-state index in [0.717, 1.165) is 56.0 Å². The van der Waals surface area contributed by atoms with E-state index in [9.17, 15) is 18.3 Å². The zero-order valence-corrected chi connectivity index (χ0v) is 24.9. The van der Waals surface area contributed by atoms with Crippen LogP contribution in [0.3, 0.4) is 0 Å². The quantitative estimate of drug-likeness (QED) is 0.570. The van der Waals surface area contributed by atoms with Gasteiger partial charge in [-0.3, -0.25) is 4.79 Å². The third-order valence-corrected chi connectivity index (χ3v) is 12.4. The summed E-state index contributed by atoms with van der Waals surface area (Å²) < 4.78 is 26.1. The first-order valence-corrected chi connectivity index (χ1v) is 16.4. The molecule has 38 heavy (non-hydrogen) atoms. The Balaban J connectivity index is 1.34. The van der Waals surface area contributed by atoms with Crippen LogP contribution < -0.4 is 0 Å². The van der Waals surface area contributed by atoms with Crippen LogP contribution in [0.1, 0.15) is 55.1 Å². The average Bonchev–Trinajstić information content (AvgIpc) is 3.25. The molecule has 10 heteroatoms. The van der Waals surface area contributed by atoms with Crippen molar-refractivity contribution in [3.8, 4) is 0 Å². The smallest absolute Gasteiger partial charge is 0.225 e. The van der Waals surface area contributed by atoms with Gasteiger partial charge in [0.15, 0.2) is 9.84 Å². The molecule has 2 heterocycles. The monoisotopic (exact) mass is 579 g/mol. The molecule has 1 aromatic carbocycles. The minimum atomic E-state index is -3.55. The highest BCUT2D eigenvalue weighted by atomic mass is 35.5. The summed E-state index contributed by atoms with van der Waals surface area (Å²) >= 11 is 7.42. The van der Waals surface area contributed by atoms with Crippen molar-refractivity contribution in [3.63, 3.8) is 0 Å². The van der Waals surface area contributed by atoms with Crippen LogP contribution in [-0.4, -0.2) is 73.5 Å². The first kappa shape index (κ1) is 28.0. The molecule has 6 atom stereocenters. The van der Waals surface area contributed by atoms with Crippen molar-refractivity contribution in [1.82, 2.24) is 14.8 Å². The number of thiazole rings is 1. The molecule has 0 radical (unpaired) electrons. The number of rotatable bonds is 5. The van der Waals surface area contributed by atoms with E-state index in [4.69, 9.17) is 16.6 Å². The van der Waals surface area contributed by atoms with Gasteiger partial charge in [0.05, 0.1) is 16.7 Å². The molecule has 0 bridgehead atoms. The summed E-state index contributed by atoms with van der Waals surface area (Å²) in [7, 11) is -1.47. The van der Waals surface area contributed by atoms with Crippen molar-refractivity contribution >= 4 is 38.7 Å². The van der Waals surface area contributed by atoms with Crippen LogP contribution in [0, 0.1) is 23.2 Å². The Bertz CT molecular complexity index is 1290. The lowest BCUT2D eigenvalue weighted by Crippen LogP contribution is -2.55. The van der Waals surface area contributed by atoms with Crippen LogP contribution in [0.15, 0.2) is 29.2 Å². The largest absolute Gasteiger partial charge is 0.392 e. The number of carbonyl (C=O) groups is 1. The number of hydrogen-bond acceptors (Lipinski definition) is 7. The summed E-state index contributed by atoms with van der Waals surface area (Å²) in [5.41, 5.74) is 0.800. The molecular weight excluding hydrogens is 542 g/mol. The molecule has 3 aliphatic rings. The first-order valence-electron chi connectivity index (χ1n) is 13.5. The molecular formula is C28H38ClN3O4S2. The number of aromatic nitrogens is 1. The standard InChI is InChI=1S/C28H38ClN3O4S2/c1-17(27(34)32-13-11-31(4)12-14-32)21-9-10-28(3)15-22-25(18(2)24(28)26(21)33)30-23(37-22)16-38(35,36)20-7-5-19(29)6-8-20/h5-8,17-18,21,24,26,33H,9-16H2,1-4H3/t17-,18-,21?,24+,26-,28-/m0/s1. The number of aliphatic hydroxyl groups excluding tert-OH is 1. The van der Waals surface area contributed by atoms with Gasteiger partial charge in [0, 0.05) is 47.9 Å². The van der Waals surface area contributed by atoms with E-state index < -0.39 is 15.9 Å². The van der Waals surface area contributed by atoms with E-state index in [-0.39, 0.29) is 45.6 Å². The molecule has 1 aliphatic heterocycles. The van der Waals surface area contributed by atoms with Gasteiger partial charge in [-0.15, -0.1) is 11.3 Å². The summed E-state index contributed by atoms with van der Waals surface area (Å²) in [6.07, 6.45) is 1.92. The molecule has 2 aromatic rings. The van der Waals surface area contributed by atoms with Crippen molar-refractivity contribution in [2.24, 2.45) is 23.2 Å². The lowest BCUT2D eigenvalue weighted by atomic mass is 9.53. The fourth-order valence-electron chi connectivity index (χ4n) is 7.04. The molecule has 2 fully saturated rings. The Morgan fingerprint density at radius 1 is 1.24 bits per heavy atom. The first-order chi connectivity index (χ1) is 17.9. The van der Waals surface area contributed by atoms with Gasteiger partial charge in [-0.05, 0) is 67.8 Å². The van der Waals surface area contributed by atoms with E-state index >= 15 is 0 Å². The van der Waals surface area contributed by atoms with Crippen LogP contribution in [0.5, 0.6) is 0 Å². The molecule has 2 aliphatic carbocycles. The number of likely N-dealkylation sites (N-methyl/N-ethyl adjacent to an activating group) is 1. The minimum Gasteiger partial charge on any atom is -0.392 e. The SMILES string of the molecule is C[C@H](C(=O)N1CCN(C)CC1)C1CC[C@@]2(C)Cc3sc(CS(=O)(=O)c4ccc(Cl)cc4)nc3[C@@H](C)[C@@H]2[C@H]1O. The van der Waals surface area contributed by atoms with E-state index in [1.165, 1.54) is 23.5 Å². The maximum Gasteiger partial charge on any atom is 0.225 e. The lowest BCUT2D eigenvalue weighted by Gasteiger charge is -2.53. The van der Waals surface area contributed by atoms with Crippen molar-refractivity contribution in [3.05, 3.63) is 44.9 Å². The number of amides is 1. The fourth-order valence-corrected chi connectivity index (χ4v) is 10.1. The molecule has 0 spiro atoms. The van der Waals surface area contributed by atoms with Gasteiger partial charge in [0.1, 0.15) is 10.8 Å². The highest BCUT2D eigenvalue weighted by molar-refractivity contribution is 7.90. The molecule has 1 aromatic heterocycles. The molecule has 208 valence electrons. The van der Waals surface area contributed by atoms with Crippen LogP contribution in [0.2, 0.25) is 5.02 Å². The van der Waals surface area contributed by atoms with Crippen molar-refractivity contribution in [2.45, 2.75) is 62.7 Å². The maximum absolute atomic E-state index is 13.4. The van der Waals surface area contributed by atoms with E-state index in [2.05, 4.69) is 25.8 Å². The van der Waals surface area contributed by atoms with Crippen LogP contribution in [-0.2, 0) is 26.8 Å². The highest BCUT2D eigenvalue weighted by Crippen LogP contribution is 2.57. The molecule has 1 N–H and O–H groups in total. The number of piperazine rings is 1. The van der Waals surface area contributed by atoms with E-state index in [1.807, 2.05) is 11.8 Å². The second-order valence-electron chi connectivity index (χ2n) is 11.9. The summed E-state index contributed by atoms with van der Waals surface area (Å²) in [5.74, 6) is -0.370. The second-order valence-corrected chi connectivity index (χ2v) is 15.5. The summed E-state index contributed by atoms with van der Waals surface area (Å²) in [5, 5.41) is 12.8. The number of carbonyl (C=O) groups excluding carboxylic acids is 1. The van der Waals surface area contributed by atoms with Crippen LogP contribution >= 0.6 is 22.9 Å². The van der Waals surface area contributed by atoms with Gasteiger partial charge in [0.2, 0.25) is 5.91 Å². The number of hydrogen-bond donors (Lipinski definition) is 1. The number of sulfone groups is 1. The topological polar surface area (TPSA) is 90.8 Å². The molecule has 1 unspecified atom stereocenters. The second kappa shape index (κ2) is 10.5. The van der Waals surface area contributed by atoms with Crippen molar-refractivity contribution in [1.29, 1.82) is 0 Å². The zero-order valence-electron chi connectivity index (χ0n) is 22.6. The zero-order chi connectivity index (χ0) is 27.4. The summed E-state index contributed by atoms with van der Waals surface area (Å²) in [6.45, 7) is 9.58. The number of benzene rings is 1. The van der Waals surface area contributed by atoms with Crippen molar-refractivity contribution in [2.75, 3.05) is 33.2 Å². The van der Waals surface area contributed by atoms with Gasteiger partial charge >= 0.3 is 0 Å². The number of nitrogens with zero attached hydrogens (tertiary/aromatic N) is 3. The Morgan fingerprint density at radius 3 is 2.55 bits per heavy atom. The minimum absolute atomic E-state index is 0.0178. The molecule has 1 amide bonds. The van der Waals surface area contributed by atoms with Crippen LogP contribution in [0.4, 0.5) is 0 Å². The fraction of sp³-hybridized carbons (Fsp3) is 0.643. The van der Waals surface area contributed by atoms with Gasteiger partial charge in [0.25, 0.3) is 0 Å². The molecule has 5 rings (SSSR count). The van der Waals surface area contributed by atoms with Gasteiger partial charge in [-0.1, -0.05) is 32.4 Å². The molecule has 1 saturated carbocycles. The van der Waals surface area contributed by atoms with Gasteiger partial charge in [-0.2, -0.15) is 0 Å². The Morgan fingerprint density at radius 2 is 1.89 bits per heavy atom. The Kier molecular flexibility index (Phi) is 7.72. The third-order valence-electron chi connectivity index (χ3n) is 9.30. The number of fused-ring (bicyclic) bond motifs is 2. The average molecular weight is 580 g/mol. The van der Waals surface area contributed by atoms with Crippen LogP contribution in [0.25, 0.3) is 0 Å². The highest BCUT2D eigenvalue weighted by Gasteiger charge is 2.54. The van der Waals surface area contributed by atoms with E-state index in [0.29, 0.717) is 10.0 Å². The predicted molar refractivity (Wildman–Crippen MR) is 150 cm³/mol. The lowest BCUT2D eigenvalue weighted by molar-refractivity contribution is -0.146. The van der Waals surface area contributed by atoms with Gasteiger partial charge in [-0.25, -0.2) is 13.4 Å². The van der Waals surface area contributed by atoms with E-state index in [1.54, 1.807) is 12.1 Å². The normalized spacial score (nSPS) is 30.9. The van der Waals surface area contributed by atoms with Gasteiger partial charge < -0.3 is 14.9 Å². The maximum atomic E-state index is 13.4. The summed E-state index contributed by atoms with van der Waals surface area (Å²) in [6, 6.07) is 6.24. The predicted octanol–water partition coefficient (Wildman–Crippen LogP) is 4.23. The Labute approximate surface area is 235 Å². The molecule has 7 nitrogen and oxygen atoms in total.